The Hall–Kier alpha value is -4.02. The first kappa shape index (κ1) is 24.7. The summed E-state index contributed by atoms with van der Waals surface area (Å²) in [5, 5.41) is 3.51. The molecule has 5 rings (SSSR count). The molecule has 2 nitrogen and oxygen atoms in total. The summed E-state index contributed by atoms with van der Waals surface area (Å²) in [5.74, 6) is -0.227. The highest BCUT2D eigenvalue weighted by Crippen LogP contribution is 2.35. The zero-order valence-electron chi connectivity index (χ0n) is 20.8. The summed E-state index contributed by atoms with van der Waals surface area (Å²) in [7, 11) is 0. The van der Waals surface area contributed by atoms with Crippen molar-refractivity contribution in [2.45, 2.75) is 26.4 Å². The largest absolute Gasteiger partial charge is 0.372 e. The molecule has 1 aromatic heterocycles. The Balaban J connectivity index is 1.64. The van der Waals surface area contributed by atoms with E-state index >= 15 is 0 Å². The van der Waals surface area contributed by atoms with Crippen LogP contribution in [0.25, 0.3) is 11.1 Å². The quantitative estimate of drug-likeness (QED) is 0.218. The van der Waals surface area contributed by atoms with Gasteiger partial charge in [0.05, 0.1) is 0 Å². The molecule has 0 unspecified atom stereocenters. The van der Waals surface area contributed by atoms with Crippen LogP contribution in [0.3, 0.4) is 0 Å². The fourth-order valence-corrected chi connectivity index (χ4v) is 5.14. The van der Waals surface area contributed by atoms with Gasteiger partial charge in [0, 0.05) is 42.0 Å². The van der Waals surface area contributed by atoms with Gasteiger partial charge in [0.25, 0.3) is 0 Å². The fraction of sp³-hybridized carbons (Fsp3) is 0.121. The molecule has 0 fully saturated rings. The third-order valence-electron chi connectivity index (χ3n) is 6.68. The maximum atomic E-state index is 13.7. The molecule has 0 aliphatic heterocycles. The van der Waals surface area contributed by atoms with E-state index in [1.54, 1.807) is 0 Å². The van der Waals surface area contributed by atoms with Crippen molar-refractivity contribution >= 4 is 17.2 Å². The van der Waals surface area contributed by atoms with Crippen molar-refractivity contribution in [3.63, 3.8) is 0 Å². The minimum Gasteiger partial charge on any atom is -0.372 e. The number of hydrogen-bond acceptors (Lipinski definition) is 1. The zero-order valence-corrected chi connectivity index (χ0v) is 21.6. The average molecular weight is 505 g/mol. The molecule has 5 aromatic rings. The SMILES string of the molecule is Cc1c(C(=S)NCc2ccccc2)c(-c2ccccc2)c(Cc2ccc(F)cc2)n1Cc1ccccc1. The summed E-state index contributed by atoms with van der Waals surface area (Å²) in [5.41, 5.74) is 9.03. The summed E-state index contributed by atoms with van der Waals surface area (Å²) in [6, 6.07) is 38.0. The third-order valence-corrected chi connectivity index (χ3v) is 7.03. The molecule has 0 amide bonds. The summed E-state index contributed by atoms with van der Waals surface area (Å²) in [6.07, 6.45) is 0.666. The van der Waals surface area contributed by atoms with Gasteiger partial charge in [0.1, 0.15) is 10.8 Å². The van der Waals surface area contributed by atoms with Crippen molar-refractivity contribution in [3.8, 4) is 11.1 Å². The summed E-state index contributed by atoms with van der Waals surface area (Å²) in [4.78, 5) is 0.729. The molecule has 0 spiro atoms. The lowest BCUT2D eigenvalue weighted by atomic mass is 9.97. The molecule has 0 aliphatic carbocycles. The van der Waals surface area contributed by atoms with E-state index in [1.807, 2.05) is 42.5 Å². The van der Waals surface area contributed by atoms with E-state index in [9.17, 15) is 4.39 Å². The van der Waals surface area contributed by atoms with E-state index < -0.39 is 0 Å². The molecule has 4 aromatic carbocycles. The average Bonchev–Trinajstić information content (AvgIpc) is 3.21. The third kappa shape index (κ3) is 5.71. The van der Waals surface area contributed by atoms with E-state index in [2.05, 4.69) is 77.5 Å². The van der Waals surface area contributed by atoms with Gasteiger partial charge in [-0.1, -0.05) is 115 Å². The zero-order chi connectivity index (χ0) is 25.6. The topological polar surface area (TPSA) is 17.0 Å². The van der Waals surface area contributed by atoms with E-state index in [0.29, 0.717) is 13.0 Å². The van der Waals surface area contributed by atoms with Gasteiger partial charge in [0.2, 0.25) is 0 Å². The van der Waals surface area contributed by atoms with Gasteiger partial charge in [-0.2, -0.15) is 0 Å². The highest BCUT2D eigenvalue weighted by atomic mass is 32.1. The predicted octanol–water partition coefficient (Wildman–Crippen LogP) is 7.71. The second kappa shape index (κ2) is 11.4. The number of rotatable bonds is 8. The summed E-state index contributed by atoms with van der Waals surface area (Å²) in [6.45, 7) is 3.53. The number of halogens is 1. The van der Waals surface area contributed by atoms with Crippen molar-refractivity contribution in [2.24, 2.45) is 0 Å². The smallest absolute Gasteiger partial charge is 0.123 e. The van der Waals surface area contributed by atoms with E-state index in [4.69, 9.17) is 12.2 Å². The summed E-state index contributed by atoms with van der Waals surface area (Å²) < 4.78 is 16.1. The van der Waals surface area contributed by atoms with Crippen LogP contribution in [0.2, 0.25) is 0 Å². The van der Waals surface area contributed by atoms with E-state index in [1.165, 1.54) is 23.3 Å². The maximum Gasteiger partial charge on any atom is 0.123 e. The molecule has 4 heteroatoms. The van der Waals surface area contributed by atoms with Gasteiger partial charge in [-0.25, -0.2) is 4.39 Å². The molecule has 1 N–H and O–H groups in total. The first-order chi connectivity index (χ1) is 18.1. The fourth-order valence-electron chi connectivity index (χ4n) is 4.82. The van der Waals surface area contributed by atoms with Crippen LogP contribution in [-0.2, 0) is 19.5 Å². The molecule has 0 aliphatic rings. The van der Waals surface area contributed by atoms with Crippen LogP contribution in [0, 0.1) is 12.7 Å². The normalized spacial score (nSPS) is 10.9. The van der Waals surface area contributed by atoms with Crippen LogP contribution in [0.4, 0.5) is 4.39 Å². The van der Waals surface area contributed by atoms with Crippen LogP contribution in [0.1, 0.15) is 33.6 Å². The second-order valence-electron chi connectivity index (χ2n) is 9.19. The number of hydrogen-bond donors (Lipinski definition) is 1. The van der Waals surface area contributed by atoms with Crippen LogP contribution in [0.5, 0.6) is 0 Å². The van der Waals surface area contributed by atoms with Gasteiger partial charge < -0.3 is 9.88 Å². The number of benzene rings is 4. The molecular formula is C33H29FN2S. The number of aromatic nitrogens is 1. The highest BCUT2D eigenvalue weighted by molar-refractivity contribution is 7.80. The van der Waals surface area contributed by atoms with Crippen LogP contribution in [0.15, 0.2) is 115 Å². The van der Waals surface area contributed by atoms with Gasteiger partial charge in [-0.3, -0.25) is 0 Å². The monoisotopic (exact) mass is 504 g/mol. The Kier molecular flexibility index (Phi) is 7.57. The van der Waals surface area contributed by atoms with E-state index in [0.717, 1.165) is 45.2 Å². The molecule has 0 saturated carbocycles. The predicted molar refractivity (Wildman–Crippen MR) is 154 cm³/mol. The van der Waals surface area contributed by atoms with E-state index in [-0.39, 0.29) is 5.82 Å². The van der Waals surface area contributed by atoms with Gasteiger partial charge in [-0.05, 0) is 41.3 Å². The van der Waals surface area contributed by atoms with Crippen molar-refractivity contribution in [3.05, 3.63) is 155 Å². The van der Waals surface area contributed by atoms with Crippen molar-refractivity contribution in [1.29, 1.82) is 0 Å². The number of nitrogens with one attached hydrogen (secondary N) is 1. The molecule has 0 radical (unpaired) electrons. The lowest BCUT2D eigenvalue weighted by Gasteiger charge is -2.14. The molecule has 1 heterocycles. The number of nitrogens with zero attached hydrogens (tertiary/aromatic N) is 1. The Labute approximate surface area is 223 Å². The van der Waals surface area contributed by atoms with Gasteiger partial charge in [-0.15, -0.1) is 0 Å². The lowest BCUT2D eigenvalue weighted by molar-refractivity contribution is 0.627. The van der Waals surface area contributed by atoms with Crippen molar-refractivity contribution < 1.29 is 4.39 Å². The maximum absolute atomic E-state index is 13.7. The molecule has 184 valence electrons. The lowest BCUT2D eigenvalue weighted by Crippen LogP contribution is -2.23. The molecule has 0 atom stereocenters. The van der Waals surface area contributed by atoms with Crippen molar-refractivity contribution in [2.75, 3.05) is 0 Å². The van der Waals surface area contributed by atoms with Gasteiger partial charge >= 0.3 is 0 Å². The molecule has 0 saturated heterocycles. The minimum atomic E-state index is -0.227. The van der Waals surface area contributed by atoms with Gasteiger partial charge in [0.15, 0.2) is 0 Å². The Morgan fingerprint density at radius 3 is 1.92 bits per heavy atom. The van der Waals surface area contributed by atoms with Crippen molar-refractivity contribution in [1.82, 2.24) is 9.88 Å². The Bertz CT molecular complexity index is 1470. The molecular weight excluding hydrogens is 475 g/mol. The molecule has 0 bridgehead atoms. The Morgan fingerprint density at radius 2 is 1.30 bits per heavy atom. The number of thiocarbonyl (C=S) groups is 1. The first-order valence-electron chi connectivity index (χ1n) is 12.5. The molecule has 37 heavy (non-hydrogen) atoms. The van der Waals surface area contributed by atoms with Crippen LogP contribution >= 0.6 is 12.2 Å². The minimum absolute atomic E-state index is 0.227. The highest BCUT2D eigenvalue weighted by Gasteiger charge is 2.24. The van der Waals surface area contributed by atoms with Crippen LogP contribution in [-0.4, -0.2) is 9.56 Å². The summed E-state index contributed by atoms with van der Waals surface area (Å²) >= 11 is 6.04. The standard InChI is InChI=1S/C33H29FN2S/c1-24-31(33(37)35-22-26-11-5-2-6-12-26)32(28-15-9-4-10-16-28)30(21-25-17-19-29(34)20-18-25)36(24)23-27-13-7-3-8-14-27/h2-20H,21-23H2,1H3,(H,35,37). The Morgan fingerprint density at radius 1 is 0.730 bits per heavy atom. The first-order valence-corrected chi connectivity index (χ1v) is 12.9. The van der Waals surface area contributed by atoms with Crippen LogP contribution < -0.4 is 5.32 Å². The second-order valence-corrected chi connectivity index (χ2v) is 9.60.